The van der Waals surface area contributed by atoms with E-state index in [0.717, 1.165) is 5.69 Å². The molecule has 1 aromatic carbocycles. The first-order valence-electron chi connectivity index (χ1n) is 4.69. The van der Waals surface area contributed by atoms with E-state index < -0.39 is 0 Å². The zero-order chi connectivity index (χ0) is 12.3. The minimum atomic E-state index is 0.117. The fourth-order valence-electron chi connectivity index (χ4n) is 1.25. The molecule has 0 fully saturated rings. The fourth-order valence-corrected chi connectivity index (χ4v) is 1.55. The molecule has 0 saturated heterocycles. The van der Waals surface area contributed by atoms with Gasteiger partial charge >= 0.3 is 0 Å². The molecule has 4 nitrogen and oxygen atoms in total. The zero-order valence-electron chi connectivity index (χ0n) is 8.52. The molecular weight excluding hydrogens is 261 g/mol. The van der Waals surface area contributed by atoms with Gasteiger partial charge in [0.05, 0.1) is 5.56 Å². The largest absolute Gasteiger partial charge is 0.339 e. The summed E-state index contributed by atoms with van der Waals surface area (Å²) in [7, 11) is 0. The van der Waals surface area contributed by atoms with Gasteiger partial charge in [0.1, 0.15) is 17.3 Å². The van der Waals surface area contributed by atoms with Crippen LogP contribution in [0.2, 0.25) is 10.2 Å². The number of nitrogens with one attached hydrogen (secondary N) is 1. The molecule has 1 aromatic heterocycles. The second kappa shape index (κ2) is 5.12. The molecular formula is C11H7Cl2N3O. The summed E-state index contributed by atoms with van der Waals surface area (Å²) in [5.41, 5.74) is 0.983. The summed E-state index contributed by atoms with van der Waals surface area (Å²) in [6.07, 6.45) is 1.90. The van der Waals surface area contributed by atoms with Crippen molar-refractivity contribution in [2.24, 2.45) is 0 Å². The number of rotatable bonds is 3. The van der Waals surface area contributed by atoms with Crippen molar-refractivity contribution in [1.82, 2.24) is 9.97 Å². The van der Waals surface area contributed by atoms with E-state index in [-0.39, 0.29) is 10.7 Å². The minimum absolute atomic E-state index is 0.117. The molecule has 2 aromatic rings. The van der Waals surface area contributed by atoms with Gasteiger partial charge in [-0.15, -0.1) is 0 Å². The number of aldehydes is 1. The number of hydrogen-bond acceptors (Lipinski definition) is 4. The highest BCUT2D eigenvalue weighted by Gasteiger charge is 2.08. The number of hydrogen-bond donors (Lipinski definition) is 1. The molecule has 86 valence electrons. The molecule has 0 atom stereocenters. The molecule has 0 saturated carbocycles. The molecule has 0 aliphatic rings. The van der Waals surface area contributed by atoms with Crippen molar-refractivity contribution in [1.29, 1.82) is 0 Å². The number of carbonyl (C=O) groups excluding carboxylic acids is 1. The normalized spacial score (nSPS) is 10.0. The average molecular weight is 268 g/mol. The highest BCUT2D eigenvalue weighted by molar-refractivity contribution is 6.32. The van der Waals surface area contributed by atoms with Gasteiger partial charge in [-0.1, -0.05) is 23.2 Å². The first-order valence-corrected chi connectivity index (χ1v) is 5.44. The van der Waals surface area contributed by atoms with Gasteiger partial charge in [-0.05, 0) is 24.3 Å². The lowest BCUT2D eigenvalue weighted by molar-refractivity contribution is 0.112. The first-order chi connectivity index (χ1) is 8.20. The molecule has 0 unspecified atom stereocenters. The van der Waals surface area contributed by atoms with Crippen LogP contribution >= 0.6 is 23.2 Å². The van der Waals surface area contributed by atoms with Gasteiger partial charge in [0.15, 0.2) is 6.29 Å². The Morgan fingerprint density at radius 3 is 2.47 bits per heavy atom. The van der Waals surface area contributed by atoms with E-state index in [0.29, 0.717) is 17.1 Å². The minimum Gasteiger partial charge on any atom is -0.339 e. The molecule has 0 spiro atoms. The van der Waals surface area contributed by atoms with E-state index in [2.05, 4.69) is 15.3 Å². The maximum atomic E-state index is 10.9. The van der Waals surface area contributed by atoms with E-state index >= 15 is 0 Å². The average Bonchev–Trinajstić information content (AvgIpc) is 2.32. The van der Waals surface area contributed by atoms with Gasteiger partial charge < -0.3 is 5.32 Å². The van der Waals surface area contributed by atoms with E-state index in [1.807, 2.05) is 0 Å². The predicted molar refractivity (Wildman–Crippen MR) is 67.2 cm³/mol. The van der Waals surface area contributed by atoms with Crippen molar-refractivity contribution >= 4 is 41.0 Å². The van der Waals surface area contributed by atoms with Crippen molar-refractivity contribution < 1.29 is 4.79 Å². The van der Waals surface area contributed by atoms with Crippen molar-refractivity contribution in [3.8, 4) is 0 Å². The number of benzene rings is 1. The van der Waals surface area contributed by atoms with E-state index in [1.165, 1.54) is 6.33 Å². The maximum Gasteiger partial charge on any atom is 0.156 e. The fraction of sp³-hybridized carbons (Fsp3) is 0. The van der Waals surface area contributed by atoms with Crippen LogP contribution in [0.5, 0.6) is 0 Å². The standard InChI is InChI=1S/C11H7Cl2N3O/c12-7-1-3-8(4-2-7)16-11-9(5-17)10(13)14-6-15-11/h1-6H,(H,14,15,16). The van der Waals surface area contributed by atoms with Gasteiger partial charge in [0.2, 0.25) is 0 Å². The van der Waals surface area contributed by atoms with Crippen LogP contribution in [0.4, 0.5) is 11.5 Å². The highest BCUT2D eigenvalue weighted by atomic mass is 35.5. The number of aromatic nitrogens is 2. The van der Waals surface area contributed by atoms with Crippen LogP contribution in [0.1, 0.15) is 10.4 Å². The predicted octanol–water partition coefficient (Wildman–Crippen LogP) is 3.34. The van der Waals surface area contributed by atoms with Crippen LogP contribution in [0.15, 0.2) is 30.6 Å². The maximum absolute atomic E-state index is 10.9. The van der Waals surface area contributed by atoms with E-state index in [1.54, 1.807) is 24.3 Å². The summed E-state index contributed by atoms with van der Waals surface area (Å²) >= 11 is 11.5. The van der Waals surface area contributed by atoms with Crippen LogP contribution < -0.4 is 5.32 Å². The van der Waals surface area contributed by atoms with Crippen molar-refractivity contribution in [3.05, 3.63) is 46.3 Å². The Hall–Kier alpha value is -1.65. The summed E-state index contributed by atoms with van der Waals surface area (Å²) in [4.78, 5) is 18.6. The van der Waals surface area contributed by atoms with Crippen molar-refractivity contribution in [2.75, 3.05) is 5.32 Å². The SMILES string of the molecule is O=Cc1c(Cl)ncnc1Nc1ccc(Cl)cc1. The topological polar surface area (TPSA) is 54.9 Å². The molecule has 2 rings (SSSR count). The van der Waals surface area contributed by atoms with Crippen LogP contribution in [-0.4, -0.2) is 16.3 Å². The van der Waals surface area contributed by atoms with Gasteiger partial charge in [-0.25, -0.2) is 9.97 Å². The second-order valence-electron chi connectivity index (χ2n) is 3.18. The third-order valence-electron chi connectivity index (χ3n) is 2.06. The van der Waals surface area contributed by atoms with Crippen molar-refractivity contribution in [3.63, 3.8) is 0 Å². The van der Waals surface area contributed by atoms with E-state index in [4.69, 9.17) is 23.2 Å². The summed E-state index contributed by atoms with van der Waals surface area (Å²) in [5, 5.41) is 3.71. The number of anilines is 2. The Kier molecular flexibility index (Phi) is 3.56. The number of carbonyl (C=O) groups is 1. The summed E-state index contributed by atoms with van der Waals surface area (Å²) in [6, 6.07) is 7.00. The van der Waals surface area contributed by atoms with E-state index in [9.17, 15) is 4.79 Å². The molecule has 1 N–H and O–H groups in total. The summed E-state index contributed by atoms with van der Waals surface area (Å²) < 4.78 is 0. The first kappa shape index (κ1) is 11.8. The van der Waals surface area contributed by atoms with Gasteiger partial charge in [0, 0.05) is 10.7 Å². The molecule has 0 aliphatic heterocycles. The lowest BCUT2D eigenvalue weighted by atomic mass is 10.3. The Morgan fingerprint density at radius 1 is 1.12 bits per heavy atom. The quantitative estimate of drug-likeness (QED) is 0.685. The summed E-state index contributed by atoms with van der Waals surface area (Å²) in [6.45, 7) is 0. The van der Waals surface area contributed by atoms with Crippen LogP contribution in [-0.2, 0) is 0 Å². The number of nitrogens with zero attached hydrogens (tertiary/aromatic N) is 2. The Bertz CT molecular complexity index is 543. The molecule has 0 aliphatic carbocycles. The lowest BCUT2D eigenvalue weighted by Gasteiger charge is -2.07. The third-order valence-corrected chi connectivity index (χ3v) is 2.61. The molecule has 0 bridgehead atoms. The smallest absolute Gasteiger partial charge is 0.156 e. The van der Waals surface area contributed by atoms with Crippen LogP contribution in [0, 0.1) is 0 Å². The van der Waals surface area contributed by atoms with Crippen LogP contribution in [0.3, 0.4) is 0 Å². The van der Waals surface area contributed by atoms with Gasteiger partial charge in [-0.2, -0.15) is 0 Å². The molecule has 1 heterocycles. The second-order valence-corrected chi connectivity index (χ2v) is 3.97. The van der Waals surface area contributed by atoms with Crippen LogP contribution in [0.25, 0.3) is 0 Å². The Morgan fingerprint density at radius 2 is 1.82 bits per heavy atom. The Balaban J connectivity index is 2.33. The molecule has 0 amide bonds. The van der Waals surface area contributed by atoms with Crippen molar-refractivity contribution in [2.45, 2.75) is 0 Å². The van der Waals surface area contributed by atoms with Gasteiger partial charge in [0.25, 0.3) is 0 Å². The lowest BCUT2D eigenvalue weighted by Crippen LogP contribution is -2.00. The zero-order valence-corrected chi connectivity index (χ0v) is 10.0. The molecule has 0 radical (unpaired) electrons. The Labute approximate surface area is 108 Å². The summed E-state index contributed by atoms with van der Waals surface area (Å²) in [5.74, 6) is 0.363. The third kappa shape index (κ3) is 2.72. The molecule has 17 heavy (non-hydrogen) atoms. The van der Waals surface area contributed by atoms with Gasteiger partial charge in [-0.3, -0.25) is 4.79 Å². The molecule has 6 heteroatoms. The number of halogens is 2. The monoisotopic (exact) mass is 267 g/mol. The highest BCUT2D eigenvalue weighted by Crippen LogP contribution is 2.22.